The topological polar surface area (TPSA) is 89.9 Å². The first-order chi connectivity index (χ1) is 11.3. The highest BCUT2D eigenvalue weighted by Crippen LogP contribution is 2.21. The summed E-state index contributed by atoms with van der Waals surface area (Å²) in [5.74, 6) is -2.61. The third-order valence-electron chi connectivity index (χ3n) is 3.54. The number of ketones is 1. The number of hydrogen-bond acceptors (Lipinski definition) is 6. The molecule has 0 bridgehead atoms. The molecule has 6 heteroatoms. The van der Waals surface area contributed by atoms with Crippen molar-refractivity contribution in [3.8, 4) is 0 Å². The predicted molar refractivity (Wildman–Crippen MR) is 87.7 cm³/mol. The zero-order valence-corrected chi connectivity index (χ0v) is 14.5. The van der Waals surface area contributed by atoms with Gasteiger partial charge in [-0.3, -0.25) is 4.79 Å². The first kappa shape index (κ1) is 19.8. The molecule has 1 aromatic rings. The minimum atomic E-state index is -2.64. The second-order valence-electron chi connectivity index (χ2n) is 5.68. The zero-order chi connectivity index (χ0) is 18.3. The molecule has 0 heterocycles. The fourth-order valence-corrected chi connectivity index (χ4v) is 2.12. The summed E-state index contributed by atoms with van der Waals surface area (Å²) in [6, 6.07) is 6.81. The summed E-state index contributed by atoms with van der Waals surface area (Å²) in [5.41, 5.74) is -1.29. The van der Waals surface area contributed by atoms with Gasteiger partial charge in [0.15, 0.2) is 5.78 Å². The lowest BCUT2D eigenvalue weighted by atomic mass is 9.92. The Morgan fingerprint density at radius 2 is 1.46 bits per heavy atom. The van der Waals surface area contributed by atoms with E-state index in [1.165, 1.54) is 13.8 Å². The zero-order valence-electron chi connectivity index (χ0n) is 14.5. The first-order valence-electron chi connectivity index (χ1n) is 7.96. The smallest absolute Gasteiger partial charge is 0.350 e. The molecule has 0 aliphatic heterocycles. The minimum absolute atomic E-state index is 0.0299. The second kappa shape index (κ2) is 8.59. The Hall–Kier alpha value is -2.21. The summed E-state index contributed by atoms with van der Waals surface area (Å²) in [4.78, 5) is 36.3. The molecule has 1 aromatic carbocycles. The first-order valence-corrected chi connectivity index (χ1v) is 7.96. The van der Waals surface area contributed by atoms with E-state index in [-0.39, 0.29) is 13.2 Å². The van der Waals surface area contributed by atoms with Crippen molar-refractivity contribution < 1.29 is 29.0 Å². The normalized spacial score (nSPS) is 11.2. The van der Waals surface area contributed by atoms with Crippen LogP contribution in [0.2, 0.25) is 0 Å². The van der Waals surface area contributed by atoms with Gasteiger partial charge in [0.1, 0.15) is 0 Å². The van der Waals surface area contributed by atoms with E-state index < -0.39 is 29.7 Å². The molecule has 0 fully saturated rings. The Morgan fingerprint density at radius 3 is 1.83 bits per heavy atom. The Labute approximate surface area is 141 Å². The van der Waals surface area contributed by atoms with Crippen molar-refractivity contribution in [1.29, 1.82) is 0 Å². The maximum Gasteiger partial charge on any atom is 0.350 e. The van der Waals surface area contributed by atoms with E-state index in [9.17, 15) is 19.5 Å². The Bertz CT molecular complexity index is 570. The molecule has 0 aliphatic carbocycles. The molecule has 1 N–H and O–H groups in total. The lowest BCUT2D eigenvalue weighted by Gasteiger charge is -2.23. The third kappa shape index (κ3) is 4.64. The summed E-state index contributed by atoms with van der Waals surface area (Å²) in [6.07, 6.45) is -0.730. The highest BCUT2D eigenvalue weighted by molar-refractivity contribution is 6.10. The fraction of sp³-hybridized carbons (Fsp3) is 0.500. The van der Waals surface area contributed by atoms with Crippen molar-refractivity contribution in [2.75, 3.05) is 13.2 Å². The summed E-state index contributed by atoms with van der Waals surface area (Å²) in [6.45, 7) is 7.07. The number of rotatable bonds is 8. The molecular formula is C18H24O6. The average Bonchev–Trinajstić information content (AvgIpc) is 2.55. The van der Waals surface area contributed by atoms with Crippen LogP contribution in [0.1, 0.15) is 56.0 Å². The highest BCUT2D eigenvalue weighted by atomic mass is 16.6. The molecule has 0 unspecified atom stereocenters. The maximum atomic E-state index is 12.4. The second-order valence-corrected chi connectivity index (χ2v) is 5.68. The van der Waals surface area contributed by atoms with E-state index in [0.717, 1.165) is 5.56 Å². The highest BCUT2D eigenvalue weighted by Gasteiger charge is 2.49. The van der Waals surface area contributed by atoms with Gasteiger partial charge in [-0.2, -0.15) is 0 Å². The van der Waals surface area contributed by atoms with Gasteiger partial charge in [0.05, 0.1) is 19.6 Å². The number of carbonyl (C=O) groups excluding carboxylic acids is 3. The molecule has 0 radical (unpaired) electrons. The molecule has 0 saturated heterocycles. The van der Waals surface area contributed by atoms with Gasteiger partial charge in [0.25, 0.3) is 5.60 Å². The van der Waals surface area contributed by atoms with E-state index in [2.05, 4.69) is 0 Å². The summed E-state index contributed by atoms with van der Waals surface area (Å²) in [7, 11) is 0. The van der Waals surface area contributed by atoms with Gasteiger partial charge in [-0.25, -0.2) is 9.59 Å². The predicted octanol–water partition coefficient (Wildman–Crippen LogP) is 2.24. The number of carbonyl (C=O) groups is 3. The molecule has 0 saturated carbocycles. The summed E-state index contributed by atoms with van der Waals surface area (Å²) in [5, 5.41) is 10.4. The molecule has 6 nitrogen and oxygen atoms in total. The molecule has 0 spiro atoms. The van der Waals surface area contributed by atoms with Crippen molar-refractivity contribution in [2.24, 2.45) is 0 Å². The monoisotopic (exact) mass is 336 g/mol. The number of benzene rings is 1. The molecular weight excluding hydrogens is 312 g/mol. The molecule has 0 amide bonds. The van der Waals surface area contributed by atoms with Crippen LogP contribution in [0.15, 0.2) is 24.3 Å². The number of esters is 2. The quantitative estimate of drug-likeness (QED) is 0.445. The summed E-state index contributed by atoms with van der Waals surface area (Å²) >= 11 is 0. The SMILES string of the molecule is CCOC(=O)C(O)(CC(=O)c1ccc(C(C)C)cc1)C(=O)OCC. The lowest BCUT2D eigenvalue weighted by Crippen LogP contribution is -2.50. The minimum Gasteiger partial charge on any atom is -0.463 e. The van der Waals surface area contributed by atoms with E-state index in [4.69, 9.17) is 9.47 Å². The third-order valence-corrected chi connectivity index (χ3v) is 3.54. The number of hydrogen-bond donors (Lipinski definition) is 1. The van der Waals surface area contributed by atoms with E-state index in [0.29, 0.717) is 11.5 Å². The van der Waals surface area contributed by atoms with Gasteiger partial charge >= 0.3 is 11.9 Å². The standard InChI is InChI=1S/C18H24O6/c1-5-23-16(20)18(22,17(21)24-6-2)11-15(19)14-9-7-13(8-10-14)12(3)4/h7-10,12,22H,5-6,11H2,1-4H3. The van der Waals surface area contributed by atoms with Crippen LogP contribution in [0.3, 0.4) is 0 Å². The van der Waals surface area contributed by atoms with Crippen molar-refractivity contribution in [3.63, 3.8) is 0 Å². The van der Waals surface area contributed by atoms with Crippen LogP contribution in [-0.4, -0.2) is 41.6 Å². The van der Waals surface area contributed by atoms with Gasteiger partial charge in [0.2, 0.25) is 0 Å². The van der Waals surface area contributed by atoms with Crippen molar-refractivity contribution >= 4 is 17.7 Å². The van der Waals surface area contributed by atoms with E-state index in [1.807, 2.05) is 13.8 Å². The van der Waals surface area contributed by atoms with Gasteiger partial charge in [-0.05, 0) is 25.3 Å². The Morgan fingerprint density at radius 1 is 1.00 bits per heavy atom. The molecule has 1 rings (SSSR count). The van der Waals surface area contributed by atoms with E-state index in [1.54, 1.807) is 24.3 Å². The van der Waals surface area contributed by atoms with Gasteiger partial charge < -0.3 is 14.6 Å². The summed E-state index contributed by atoms with van der Waals surface area (Å²) < 4.78 is 9.44. The Balaban J connectivity index is 3.02. The van der Waals surface area contributed by atoms with Crippen LogP contribution in [0.5, 0.6) is 0 Å². The van der Waals surface area contributed by atoms with Gasteiger partial charge in [-0.1, -0.05) is 38.1 Å². The number of Topliss-reactive ketones (excluding diaryl/α,β-unsaturated/α-hetero) is 1. The van der Waals surface area contributed by atoms with Crippen LogP contribution in [0.25, 0.3) is 0 Å². The molecule has 132 valence electrons. The van der Waals surface area contributed by atoms with Crippen LogP contribution in [-0.2, 0) is 19.1 Å². The van der Waals surface area contributed by atoms with Crippen molar-refractivity contribution in [3.05, 3.63) is 35.4 Å². The number of aliphatic hydroxyl groups is 1. The Kier molecular flexibility index (Phi) is 7.10. The fourth-order valence-electron chi connectivity index (χ4n) is 2.12. The molecule has 0 atom stereocenters. The van der Waals surface area contributed by atoms with Crippen molar-refractivity contribution in [1.82, 2.24) is 0 Å². The molecule has 24 heavy (non-hydrogen) atoms. The van der Waals surface area contributed by atoms with Crippen molar-refractivity contribution in [2.45, 2.75) is 45.6 Å². The van der Waals surface area contributed by atoms with Crippen LogP contribution >= 0.6 is 0 Å². The largest absolute Gasteiger partial charge is 0.463 e. The van der Waals surface area contributed by atoms with Gasteiger partial charge in [0, 0.05) is 5.56 Å². The molecule has 0 aromatic heterocycles. The van der Waals surface area contributed by atoms with Crippen LogP contribution < -0.4 is 0 Å². The number of ether oxygens (including phenoxy) is 2. The van der Waals surface area contributed by atoms with E-state index >= 15 is 0 Å². The van der Waals surface area contributed by atoms with Crippen LogP contribution in [0.4, 0.5) is 0 Å². The molecule has 0 aliphatic rings. The lowest BCUT2D eigenvalue weighted by molar-refractivity contribution is -0.182. The maximum absolute atomic E-state index is 12.4. The average molecular weight is 336 g/mol. The van der Waals surface area contributed by atoms with Crippen LogP contribution in [0, 0.1) is 0 Å². The van der Waals surface area contributed by atoms with Gasteiger partial charge in [-0.15, -0.1) is 0 Å².